The van der Waals surface area contributed by atoms with E-state index in [1.165, 1.54) is 0 Å². The van der Waals surface area contributed by atoms with E-state index in [4.69, 9.17) is 4.74 Å². The van der Waals surface area contributed by atoms with Crippen LogP contribution in [-0.2, 0) is 4.74 Å². The van der Waals surface area contributed by atoms with Crippen LogP contribution in [0.15, 0.2) is 0 Å². The molecule has 0 saturated carbocycles. The van der Waals surface area contributed by atoms with Crippen molar-refractivity contribution >= 4 is 12.6 Å². The molecule has 1 saturated heterocycles. The van der Waals surface area contributed by atoms with Crippen LogP contribution < -0.4 is 0 Å². The van der Waals surface area contributed by atoms with E-state index in [-0.39, 0.29) is 0 Å². The van der Waals surface area contributed by atoms with Gasteiger partial charge in [0.05, 0.1) is 12.2 Å². The number of hydrogen-bond acceptors (Lipinski definition) is 5. The maximum Gasteiger partial charge on any atom is 0.111 e. The summed E-state index contributed by atoms with van der Waals surface area (Å²) < 4.78 is 5.34. The third kappa shape index (κ3) is 2.16. The molecule has 5 atom stereocenters. The lowest BCUT2D eigenvalue weighted by atomic mass is 9.94. The van der Waals surface area contributed by atoms with Crippen LogP contribution in [0.1, 0.15) is 13.3 Å². The molecule has 3 unspecified atom stereocenters. The highest BCUT2D eigenvalue weighted by Gasteiger charge is 2.41. The van der Waals surface area contributed by atoms with Gasteiger partial charge >= 0.3 is 0 Å². The third-order valence-corrected chi connectivity index (χ3v) is 2.75. The molecule has 0 radical (unpaired) electrons. The van der Waals surface area contributed by atoms with Gasteiger partial charge in [-0.05, 0) is 6.42 Å². The highest BCUT2D eigenvalue weighted by atomic mass is 32.1. The fourth-order valence-electron chi connectivity index (χ4n) is 1.52. The van der Waals surface area contributed by atoms with Crippen LogP contribution in [0.4, 0.5) is 0 Å². The summed E-state index contributed by atoms with van der Waals surface area (Å²) in [6.45, 7) is 1.86. The Balaban J connectivity index is 2.66. The maximum absolute atomic E-state index is 9.46. The zero-order valence-corrected chi connectivity index (χ0v) is 8.39. The molecule has 1 heterocycles. The van der Waals surface area contributed by atoms with Crippen LogP contribution in [0.5, 0.6) is 0 Å². The smallest absolute Gasteiger partial charge is 0.111 e. The summed E-state index contributed by atoms with van der Waals surface area (Å²) in [7, 11) is 0. The number of thiol groups is 1. The molecule has 1 aliphatic heterocycles. The summed E-state index contributed by atoms with van der Waals surface area (Å²) in [6, 6.07) is 0. The average molecular weight is 208 g/mol. The lowest BCUT2D eigenvalue weighted by Crippen LogP contribution is -2.57. The van der Waals surface area contributed by atoms with E-state index in [2.05, 4.69) is 12.6 Å². The summed E-state index contributed by atoms with van der Waals surface area (Å²) >= 11 is 3.99. The molecule has 1 fully saturated rings. The summed E-state index contributed by atoms with van der Waals surface area (Å²) in [5.74, 6) is 0.335. The molecule has 0 amide bonds. The Hall–Kier alpha value is 0.190. The molecular weight excluding hydrogens is 192 g/mol. The van der Waals surface area contributed by atoms with E-state index in [1.54, 1.807) is 0 Å². The summed E-state index contributed by atoms with van der Waals surface area (Å²) in [5.41, 5.74) is 0. The van der Waals surface area contributed by atoms with Crippen molar-refractivity contribution in [2.24, 2.45) is 0 Å². The Bertz CT molecular complexity index is 146. The number of ether oxygens (including phenoxy) is 1. The van der Waals surface area contributed by atoms with Crippen molar-refractivity contribution in [2.45, 2.75) is 43.9 Å². The summed E-state index contributed by atoms with van der Waals surface area (Å²) in [4.78, 5) is 0. The van der Waals surface area contributed by atoms with Crippen molar-refractivity contribution < 1.29 is 20.1 Å². The SMILES string of the molecule is CC[C@@H]1OC(CS)[C@@H](O)C(O)C1O. The summed E-state index contributed by atoms with van der Waals surface area (Å²) in [5, 5.41) is 28.3. The largest absolute Gasteiger partial charge is 0.388 e. The van der Waals surface area contributed by atoms with Crippen LogP contribution >= 0.6 is 12.6 Å². The van der Waals surface area contributed by atoms with Gasteiger partial charge in [-0.15, -0.1) is 0 Å². The quantitative estimate of drug-likeness (QED) is 0.447. The molecule has 0 aromatic rings. The van der Waals surface area contributed by atoms with Crippen molar-refractivity contribution in [3.05, 3.63) is 0 Å². The van der Waals surface area contributed by atoms with Crippen molar-refractivity contribution in [1.29, 1.82) is 0 Å². The molecular formula is C8H16O4S. The molecule has 0 spiro atoms. The maximum atomic E-state index is 9.46. The predicted molar refractivity (Wildman–Crippen MR) is 50.8 cm³/mol. The van der Waals surface area contributed by atoms with Gasteiger partial charge in [0.2, 0.25) is 0 Å². The van der Waals surface area contributed by atoms with E-state index in [1.807, 2.05) is 6.92 Å². The lowest BCUT2D eigenvalue weighted by molar-refractivity contribution is -0.215. The molecule has 1 aliphatic rings. The Labute approximate surface area is 82.9 Å². The molecule has 1 rings (SSSR count). The Morgan fingerprint density at radius 2 is 1.62 bits per heavy atom. The molecule has 0 aromatic heterocycles. The Kier molecular flexibility index (Phi) is 4.00. The van der Waals surface area contributed by atoms with Gasteiger partial charge in [0.1, 0.15) is 18.3 Å². The van der Waals surface area contributed by atoms with Gasteiger partial charge in [-0.25, -0.2) is 0 Å². The van der Waals surface area contributed by atoms with Gasteiger partial charge in [0.25, 0.3) is 0 Å². The first-order chi connectivity index (χ1) is 6.11. The van der Waals surface area contributed by atoms with E-state index in [0.717, 1.165) is 0 Å². The summed E-state index contributed by atoms with van der Waals surface area (Å²) in [6.07, 6.45) is -3.47. The first-order valence-electron chi connectivity index (χ1n) is 4.42. The normalized spacial score (nSPS) is 46.4. The van der Waals surface area contributed by atoms with Gasteiger partial charge in [0.15, 0.2) is 0 Å². The van der Waals surface area contributed by atoms with Crippen LogP contribution in [0.25, 0.3) is 0 Å². The van der Waals surface area contributed by atoms with Crippen LogP contribution in [-0.4, -0.2) is 51.6 Å². The minimum atomic E-state index is -1.13. The molecule has 0 aromatic carbocycles. The van der Waals surface area contributed by atoms with Gasteiger partial charge in [-0.2, -0.15) is 12.6 Å². The highest BCUT2D eigenvalue weighted by molar-refractivity contribution is 7.80. The average Bonchev–Trinajstić information content (AvgIpc) is 2.15. The molecule has 3 N–H and O–H groups in total. The van der Waals surface area contributed by atoms with E-state index in [9.17, 15) is 15.3 Å². The first kappa shape index (κ1) is 11.3. The fourth-order valence-corrected chi connectivity index (χ4v) is 1.82. The molecule has 4 nitrogen and oxygen atoms in total. The van der Waals surface area contributed by atoms with Gasteiger partial charge in [-0.1, -0.05) is 6.92 Å². The first-order valence-corrected chi connectivity index (χ1v) is 5.05. The van der Waals surface area contributed by atoms with Gasteiger partial charge in [0, 0.05) is 5.75 Å². The van der Waals surface area contributed by atoms with E-state index in [0.29, 0.717) is 12.2 Å². The Morgan fingerprint density at radius 1 is 1.08 bits per heavy atom. The topological polar surface area (TPSA) is 69.9 Å². The zero-order valence-electron chi connectivity index (χ0n) is 7.50. The predicted octanol–water partition coefficient (Wildman–Crippen LogP) is -0.824. The molecule has 13 heavy (non-hydrogen) atoms. The second kappa shape index (κ2) is 4.61. The van der Waals surface area contributed by atoms with Crippen molar-refractivity contribution in [1.82, 2.24) is 0 Å². The van der Waals surface area contributed by atoms with Gasteiger partial charge < -0.3 is 20.1 Å². The number of hydrogen-bond donors (Lipinski definition) is 4. The minimum absolute atomic E-state index is 0.335. The molecule has 5 heteroatoms. The van der Waals surface area contributed by atoms with E-state index < -0.39 is 30.5 Å². The van der Waals surface area contributed by atoms with Gasteiger partial charge in [-0.3, -0.25) is 0 Å². The number of rotatable bonds is 2. The minimum Gasteiger partial charge on any atom is -0.388 e. The molecule has 0 aliphatic carbocycles. The number of aliphatic hydroxyl groups excluding tert-OH is 3. The van der Waals surface area contributed by atoms with Crippen molar-refractivity contribution in [3.8, 4) is 0 Å². The fraction of sp³-hybridized carbons (Fsp3) is 1.00. The second-order valence-corrected chi connectivity index (χ2v) is 3.64. The third-order valence-electron chi connectivity index (χ3n) is 2.39. The lowest BCUT2D eigenvalue weighted by Gasteiger charge is -2.39. The van der Waals surface area contributed by atoms with Crippen molar-refractivity contribution in [2.75, 3.05) is 5.75 Å². The van der Waals surface area contributed by atoms with Crippen LogP contribution in [0.2, 0.25) is 0 Å². The van der Waals surface area contributed by atoms with Crippen LogP contribution in [0, 0.1) is 0 Å². The second-order valence-electron chi connectivity index (χ2n) is 3.28. The van der Waals surface area contributed by atoms with E-state index >= 15 is 0 Å². The number of aliphatic hydroxyl groups is 3. The Morgan fingerprint density at radius 3 is 2.08 bits per heavy atom. The van der Waals surface area contributed by atoms with Crippen molar-refractivity contribution in [3.63, 3.8) is 0 Å². The van der Waals surface area contributed by atoms with Crippen LogP contribution in [0.3, 0.4) is 0 Å². The standard InChI is InChI=1S/C8H16O4S/c1-2-4-6(9)8(11)7(10)5(3-13)12-4/h4-11,13H,2-3H2,1H3/t4-,5?,6?,7+,8?/m0/s1. The monoisotopic (exact) mass is 208 g/mol. The molecule has 78 valence electrons. The molecule has 0 bridgehead atoms. The zero-order chi connectivity index (χ0) is 10.0. The highest BCUT2D eigenvalue weighted by Crippen LogP contribution is 2.23.